The van der Waals surface area contributed by atoms with E-state index in [1.165, 1.54) is 0 Å². The molecule has 0 spiro atoms. The first kappa shape index (κ1) is 19.1. The van der Waals surface area contributed by atoms with E-state index in [0.29, 0.717) is 18.8 Å². The third-order valence-corrected chi connectivity index (χ3v) is 4.39. The maximum atomic E-state index is 12.6. The molecule has 7 heteroatoms. The van der Waals surface area contributed by atoms with Crippen LogP contribution in [0.25, 0.3) is 16.9 Å². The Balaban J connectivity index is 1.85. The minimum Gasteiger partial charge on any atom is -0.385 e. The predicted octanol–water partition coefficient (Wildman–Crippen LogP) is 2.13. The van der Waals surface area contributed by atoms with Gasteiger partial charge < -0.3 is 19.5 Å². The molecule has 144 valence electrons. The number of hydrogen-bond donors (Lipinski definition) is 1. The van der Waals surface area contributed by atoms with Gasteiger partial charge in [-0.25, -0.2) is 4.98 Å². The predicted molar refractivity (Wildman–Crippen MR) is 106 cm³/mol. The van der Waals surface area contributed by atoms with Gasteiger partial charge in [0.2, 0.25) is 0 Å². The lowest BCUT2D eigenvalue weighted by Gasteiger charge is -2.09. The number of amides is 1. The number of ether oxygens (including phenoxy) is 1. The second kappa shape index (κ2) is 8.83. The van der Waals surface area contributed by atoms with Crippen LogP contribution >= 0.6 is 0 Å². The average molecular weight is 369 g/mol. The van der Waals surface area contributed by atoms with Crippen LogP contribution in [-0.2, 0) is 11.3 Å². The maximum Gasteiger partial charge on any atom is 0.272 e. The molecule has 0 unspecified atom stereocenters. The van der Waals surface area contributed by atoms with E-state index in [2.05, 4.69) is 40.1 Å². The van der Waals surface area contributed by atoms with E-state index < -0.39 is 0 Å². The molecule has 27 heavy (non-hydrogen) atoms. The summed E-state index contributed by atoms with van der Waals surface area (Å²) in [5, 5.41) is 2.92. The number of likely N-dealkylation sites (N-methyl/N-ethyl adjacent to an activating group) is 1. The molecule has 0 saturated heterocycles. The Morgan fingerprint density at radius 2 is 2.11 bits per heavy atom. The molecule has 0 aromatic carbocycles. The highest BCUT2D eigenvalue weighted by molar-refractivity contribution is 6.00. The standard InChI is InChI=1S/C20H27N5O2/c1-23(2)12-13-24-11-8-16(15-24)19-22-18(17-7-4-5-10-25(17)19)20(26)21-9-6-14-27-3/h4-5,7-8,10-11,15H,6,9,12-14H2,1-3H3,(H,21,26). The first-order chi connectivity index (χ1) is 13.1. The normalized spacial score (nSPS) is 11.4. The summed E-state index contributed by atoms with van der Waals surface area (Å²) in [6.07, 6.45) is 6.84. The molecule has 7 nitrogen and oxygen atoms in total. The van der Waals surface area contributed by atoms with Crippen molar-refractivity contribution in [3.05, 3.63) is 48.5 Å². The van der Waals surface area contributed by atoms with E-state index in [4.69, 9.17) is 4.74 Å². The Labute approximate surface area is 159 Å². The van der Waals surface area contributed by atoms with Gasteiger partial charge >= 0.3 is 0 Å². The second-order valence-electron chi connectivity index (χ2n) is 6.78. The molecule has 3 heterocycles. The van der Waals surface area contributed by atoms with Crippen LogP contribution in [0.1, 0.15) is 16.9 Å². The average Bonchev–Trinajstić information content (AvgIpc) is 3.28. The summed E-state index contributed by atoms with van der Waals surface area (Å²) < 4.78 is 9.13. The van der Waals surface area contributed by atoms with Crippen LogP contribution in [0.4, 0.5) is 0 Å². The largest absolute Gasteiger partial charge is 0.385 e. The monoisotopic (exact) mass is 369 g/mol. The lowest BCUT2D eigenvalue weighted by Crippen LogP contribution is -2.25. The van der Waals surface area contributed by atoms with Crippen molar-refractivity contribution in [3.63, 3.8) is 0 Å². The molecule has 3 aromatic heterocycles. The molecule has 0 aliphatic heterocycles. The lowest BCUT2D eigenvalue weighted by atomic mass is 10.3. The minimum absolute atomic E-state index is 0.159. The molecule has 0 saturated carbocycles. The van der Waals surface area contributed by atoms with Gasteiger partial charge in [0.05, 0.1) is 5.52 Å². The van der Waals surface area contributed by atoms with E-state index in [-0.39, 0.29) is 5.91 Å². The summed E-state index contributed by atoms with van der Waals surface area (Å²) >= 11 is 0. The number of nitrogens with zero attached hydrogens (tertiary/aromatic N) is 4. The van der Waals surface area contributed by atoms with Crippen molar-refractivity contribution in [3.8, 4) is 11.4 Å². The van der Waals surface area contributed by atoms with E-state index in [1.807, 2.05) is 41.1 Å². The van der Waals surface area contributed by atoms with Gasteiger partial charge in [-0.1, -0.05) is 6.07 Å². The first-order valence-corrected chi connectivity index (χ1v) is 9.15. The van der Waals surface area contributed by atoms with E-state index in [9.17, 15) is 4.79 Å². The van der Waals surface area contributed by atoms with Crippen molar-refractivity contribution in [1.82, 2.24) is 24.2 Å². The fraction of sp³-hybridized carbons (Fsp3) is 0.400. The zero-order valence-corrected chi connectivity index (χ0v) is 16.2. The molecule has 1 amide bonds. The van der Waals surface area contributed by atoms with Crippen molar-refractivity contribution >= 4 is 11.4 Å². The molecule has 0 bridgehead atoms. The molecule has 0 fully saturated rings. The number of aromatic nitrogens is 3. The molecule has 0 radical (unpaired) electrons. The number of fused-ring (bicyclic) bond motifs is 1. The fourth-order valence-electron chi connectivity index (χ4n) is 2.94. The summed E-state index contributed by atoms with van der Waals surface area (Å²) in [4.78, 5) is 19.4. The Morgan fingerprint density at radius 3 is 2.89 bits per heavy atom. The summed E-state index contributed by atoms with van der Waals surface area (Å²) in [6, 6.07) is 7.83. The third kappa shape index (κ3) is 4.56. The second-order valence-corrected chi connectivity index (χ2v) is 6.78. The Bertz CT molecular complexity index is 897. The Kier molecular flexibility index (Phi) is 6.26. The van der Waals surface area contributed by atoms with Gasteiger partial charge in [0.1, 0.15) is 5.82 Å². The Hall–Kier alpha value is -2.64. The zero-order valence-electron chi connectivity index (χ0n) is 16.2. The number of rotatable bonds is 9. The fourth-order valence-corrected chi connectivity index (χ4v) is 2.94. The van der Waals surface area contributed by atoms with Crippen molar-refractivity contribution in [1.29, 1.82) is 0 Å². The summed E-state index contributed by atoms with van der Waals surface area (Å²) in [5.74, 6) is 0.615. The van der Waals surface area contributed by atoms with Crippen LogP contribution < -0.4 is 5.32 Å². The van der Waals surface area contributed by atoms with E-state index in [0.717, 1.165) is 36.4 Å². The molecule has 3 aromatic rings. The van der Waals surface area contributed by atoms with Gasteiger partial charge in [-0.15, -0.1) is 0 Å². The van der Waals surface area contributed by atoms with Gasteiger partial charge in [-0.2, -0.15) is 0 Å². The molecule has 3 rings (SSSR count). The van der Waals surface area contributed by atoms with Crippen LogP contribution in [-0.4, -0.2) is 65.7 Å². The summed E-state index contributed by atoms with van der Waals surface area (Å²) in [7, 11) is 5.77. The minimum atomic E-state index is -0.159. The van der Waals surface area contributed by atoms with Crippen LogP contribution in [0.5, 0.6) is 0 Å². The van der Waals surface area contributed by atoms with Crippen LogP contribution in [0.3, 0.4) is 0 Å². The van der Waals surface area contributed by atoms with Crippen molar-refractivity contribution in [2.75, 3.05) is 40.9 Å². The number of nitrogens with one attached hydrogen (secondary N) is 1. The van der Waals surface area contributed by atoms with Gasteiger partial charge in [-0.05, 0) is 38.7 Å². The van der Waals surface area contributed by atoms with E-state index >= 15 is 0 Å². The number of pyridine rings is 1. The Morgan fingerprint density at radius 1 is 1.26 bits per heavy atom. The number of carbonyl (C=O) groups excluding carboxylic acids is 1. The molecule has 0 aliphatic rings. The molecule has 0 aliphatic carbocycles. The van der Waals surface area contributed by atoms with Gasteiger partial charge in [0.25, 0.3) is 5.91 Å². The van der Waals surface area contributed by atoms with Crippen molar-refractivity contribution in [2.45, 2.75) is 13.0 Å². The third-order valence-electron chi connectivity index (χ3n) is 4.39. The smallest absolute Gasteiger partial charge is 0.272 e. The summed E-state index contributed by atoms with van der Waals surface area (Å²) in [5.41, 5.74) is 2.25. The van der Waals surface area contributed by atoms with Crippen LogP contribution in [0, 0.1) is 0 Å². The SMILES string of the molecule is COCCCNC(=O)c1nc(-c2ccn(CCN(C)C)c2)n2ccccc12. The highest BCUT2D eigenvalue weighted by atomic mass is 16.5. The topological polar surface area (TPSA) is 63.8 Å². The van der Waals surface area contributed by atoms with Crippen molar-refractivity contribution < 1.29 is 9.53 Å². The molecule has 0 atom stereocenters. The highest BCUT2D eigenvalue weighted by Crippen LogP contribution is 2.23. The van der Waals surface area contributed by atoms with Crippen molar-refractivity contribution in [2.24, 2.45) is 0 Å². The summed E-state index contributed by atoms with van der Waals surface area (Å²) in [6.45, 7) is 3.05. The maximum absolute atomic E-state index is 12.6. The number of carbonyl (C=O) groups is 1. The number of imidazole rings is 1. The van der Waals surface area contributed by atoms with Gasteiger partial charge in [0.15, 0.2) is 5.69 Å². The molecular formula is C20H27N5O2. The number of hydrogen-bond acceptors (Lipinski definition) is 4. The molecule has 1 N–H and O–H groups in total. The quantitative estimate of drug-likeness (QED) is 0.587. The van der Waals surface area contributed by atoms with Gasteiger partial charge in [0, 0.05) is 57.5 Å². The first-order valence-electron chi connectivity index (χ1n) is 9.15. The highest BCUT2D eigenvalue weighted by Gasteiger charge is 2.18. The number of methoxy groups -OCH3 is 1. The van der Waals surface area contributed by atoms with Gasteiger partial charge in [-0.3, -0.25) is 9.20 Å². The van der Waals surface area contributed by atoms with E-state index in [1.54, 1.807) is 7.11 Å². The molecular weight excluding hydrogens is 342 g/mol. The van der Waals surface area contributed by atoms with Crippen LogP contribution in [0.2, 0.25) is 0 Å². The lowest BCUT2D eigenvalue weighted by molar-refractivity contribution is 0.0946. The van der Waals surface area contributed by atoms with Crippen LogP contribution in [0.15, 0.2) is 42.9 Å². The zero-order chi connectivity index (χ0) is 19.2.